The zero-order chi connectivity index (χ0) is 17.8. The molecule has 0 saturated carbocycles. The van der Waals surface area contributed by atoms with Gasteiger partial charge >= 0.3 is 0 Å². The Hall–Kier alpha value is -1.43. The fraction of sp³-hybridized carbons (Fsp3) is 0.368. The van der Waals surface area contributed by atoms with Crippen LogP contribution in [0.25, 0.3) is 0 Å². The number of methoxy groups -OCH3 is 1. The molecule has 6 heteroatoms. The minimum atomic E-state index is 0.207. The lowest BCUT2D eigenvalue weighted by Crippen LogP contribution is -2.27. The van der Waals surface area contributed by atoms with Crippen molar-refractivity contribution in [1.29, 1.82) is 0 Å². The maximum atomic E-state index is 6.24. The smallest absolute Gasteiger partial charge is 0.175 e. The van der Waals surface area contributed by atoms with E-state index in [1.165, 1.54) is 0 Å². The van der Waals surface area contributed by atoms with Gasteiger partial charge in [0.15, 0.2) is 11.5 Å². The highest BCUT2D eigenvalue weighted by atomic mass is 79.9. The topological polar surface area (TPSA) is 39.7 Å². The number of nitrogens with one attached hydrogen (secondary N) is 1. The van der Waals surface area contributed by atoms with Crippen LogP contribution in [0.3, 0.4) is 0 Å². The molecule has 0 radical (unpaired) electrons. The SMILES string of the molecule is CCOc1c(Br)cc(CNC2CCOc3c(Cl)cccc32)cc1OC. The van der Waals surface area contributed by atoms with E-state index in [1.54, 1.807) is 7.11 Å². The summed E-state index contributed by atoms with van der Waals surface area (Å²) in [5, 5.41) is 4.26. The van der Waals surface area contributed by atoms with Crippen molar-refractivity contribution in [3.63, 3.8) is 0 Å². The van der Waals surface area contributed by atoms with Gasteiger partial charge in [0.2, 0.25) is 0 Å². The van der Waals surface area contributed by atoms with E-state index in [9.17, 15) is 0 Å². The minimum Gasteiger partial charge on any atom is -0.493 e. The molecule has 0 bridgehead atoms. The predicted octanol–water partition coefficient (Wildman–Crippen LogP) is 5.12. The Labute approximate surface area is 161 Å². The summed E-state index contributed by atoms with van der Waals surface area (Å²) >= 11 is 9.81. The van der Waals surface area contributed by atoms with Crippen molar-refractivity contribution in [1.82, 2.24) is 5.32 Å². The molecule has 0 spiro atoms. The lowest BCUT2D eigenvalue weighted by Gasteiger charge is -2.27. The largest absolute Gasteiger partial charge is 0.493 e. The van der Waals surface area contributed by atoms with Gasteiger partial charge in [0.1, 0.15) is 5.75 Å². The van der Waals surface area contributed by atoms with Crippen LogP contribution in [0.15, 0.2) is 34.8 Å². The van der Waals surface area contributed by atoms with E-state index in [1.807, 2.05) is 25.1 Å². The van der Waals surface area contributed by atoms with Crippen LogP contribution >= 0.6 is 27.5 Å². The lowest BCUT2D eigenvalue weighted by atomic mass is 10.00. The Bertz CT molecular complexity index is 754. The molecule has 0 aromatic heterocycles. The van der Waals surface area contributed by atoms with Gasteiger partial charge in [0.25, 0.3) is 0 Å². The maximum absolute atomic E-state index is 6.24. The number of rotatable bonds is 6. The Morgan fingerprint density at radius 3 is 2.96 bits per heavy atom. The first kappa shape index (κ1) is 18.4. The zero-order valence-corrected chi connectivity index (χ0v) is 16.6. The fourth-order valence-electron chi connectivity index (χ4n) is 3.00. The van der Waals surface area contributed by atoms with Crippen LogP contribution in [-0.4, -0.2) is 20.3 Å². The third-order valence-corrected chi connectivity index (χ3v) is 5.04. The summed E-state index contributed by atoms with van der Waals surface area (Å²) in [5.74, 6) is 2.25. The van der Waals surface area contributed by atoms with E-state index >= 15 is 0 Å². The first-order valence-corrected chi connectivity index (χ1v) is 9.45. The van der Waals surface area contributed by atoms with Gasteiger partial charge in [-0.3, -0.25) is 0 Å². The number of benzene rings is 2. The predicted molar refractivity (Wildman–Crippen MR) is 103 cm³/mol. The molecule has 1 aliphatic heterocycles. The third kappa shape index (κ3) is 4.05. The number of halogens is 2. The van der Waals surface area contributed by atoms with Gasteiger partial charge in [0, 0.05) is 24.6 Å². The molecule has 25 heavy (non-hydrogen) atoms. The molecule has 1 aliphatic rings. The molecule has 1 heterocycles. The van der Waals surface area contributed by atoms with E-state index in [-0.39, 0.29) is 6.04 Å². The quantitative estimate of drug-likeness (QED) is 0.695. The van der Waals surface area contributed by atoms with Crippen molar-refractivity contribution < 1.29 is 14.2 Å². The van der Waals surface area contributed by atoms with Crippen LogP contribution in [0.1, 0.15) is 30.5 Å². The summed E-state index contributed by atoms with van der Waals surface area (Å²) in [7, 11) is 1.65. The molecule has 0 aliphatic carbocycles. The van der Waals surface area contributed by atoms with Gasteiger partial charge in [-0.25, -0.2) is 0 Å². The highest BCUT2D eigenvalue weighted by molar-refractivity contribution is 9.10. The van der Waals surface area contributed by atoms with Crippen molar-refractivity contribution >= 4 is 27.5 Å². The Kier molecular flexibility index (Phi) is 6.10. The van der Waals surface area contributed by atoms with Crippen molar-refractivity contribution in [3.05, 3.63) is 51.0 Å². The highest BCUT2D eigenvalue weighted by Gasteiger charge is 2.23. The molecule has 2 aromatic carbocycles. The Morgan fingerprint density at radius 1 is 1.36 bits per heavy atom. The van der Waals surface area contributed by atoms with Gasteiger partial charge in [-0.15, -0.1) is 0 Å². The number of ether oxygens (including phenoxy) is 3. The van der Waals surface area contributed by atoms with E-state index in [0.29, 0.717) is 24.8 Å². The number of hydrogen-bond acceptors (Lipinski definition) is 4. The molecule has 134 valence electrons. The van der Waals surface area contributed by atoms with Crippen LogP contribution in [0.5, 0.6) is 17.2 Å². The van der Waals surface area contributed by atoms with Gasteiger partial charge in [-0.2, -0.15) is 0 Å². The van der Waals surface area contributed by atoms with Crippen molar-refractivity contribution in [2.45, 2.75) is 25.9 Å². The summed E-state index contributed by atoms with van der Waals surface area (Å²) in [4.78, 5) is 0. The standard InChI is InChI=1S/C19H21BrClNO3/c1-3-24-19-14(20)9-12(10-17(19)23-2)11-22-16-7-8-25-18-13(16)5-4-6-15(18)21/h4-6,9-10,16,22H,3,7-8,11H2,1-2H3. The molecule has 4 nitrogen and oxygen atoms in total. The second kappa shape index (κ2) is 8.30. The average molecular weight is 427 g/mol. The number of para-hydroxylation sites is 1. The fourth-order valence-corrected chi connectivity index (χ4v) is 3.84. The van der Waals surface area contributed by atoms with Crippen LogP contribution < -0.4 is 19.5 Å². The summed E-state index contributed by atoms with van der Waals surface area (Å²) in [6.45, 7) is 3.91. The summed E-state index contributed by atoms with van der Waals surface area (Å²) < 4.78 is 17.7. The molecule has 0 saturated heterocycles. The Morgan fingerprint density at radius 2 is 2.20 bits per heavy atom. The Balaban J connectivity index is 1.77. The molecule has 3 rings (SSSR count). The molecular formula is C19H21BrClNO3. The van der Waals surface area contributed by atoms with Crippen LogP contribution in [0, 0.1) is 0 Å². The molecule has 1 unspecified atom stereocenters. The minimum absolute atomic E-state index is 0.207. The van der Waals surface area contributed by atoms with Gasteiger partial charge < -0.3 is 19.5 Å². The van der Waals surface area contributed by atoms with Crippen LogP contribution in [-0.2, 0) is 6.54 Å². The maximum Gasteiger partial charge on any atom is 0.175 e. The molecule has 1 N–H and O–H groups in total. The zero-order valence-electron chi connectivity index (χ0n) is 14.3. The first-order chi connectivity index (χ1) is 12.1. The third-order valence-electron chi connectivity index (χ3n) is 4.16. The molecule has 2 aromatic rings. The highest BCUT2D eigenvalue weighted by Crippen LogP contribution is 2.39. The molecule has 0 fully saturated rings. The number of fused-ring (bicyclic) bond motifs is 1. The summed E-state index contributed by atoms with van der Waals surface area (Å²) in [6, 6.07) is 10.1. The van der Waals surface area contributed by atoms with Crippen LogP contribution in [0.2, 0.25) is 5.02 Å². The van der Waals surface area contributed by atoms with Crippen molar-refractivity contribution in [3.8, 4) is 17.2 Å². The van der Waals surface area contributed by atoms with Gasteiger partial charge in [-0.1, -0.05) is 23.7 Å². The van der Waals surface area contributed by atoms with E-state index < -0.39 is 0 Å². The normalized spacial score (nSPS) is 16.1. The van der Waals surface area contributed by atoms with Gasteiger partial charge in [0.05, 0.1) is 29.8 Å². The molecule has 1 atom stereocenters. The number of hydrogen-bond donors (Lipinski definition) is 1. The van der Waals surface area contributed by atoms with Gasteiger partial charge in [-0.05, 0) is 46.6 Å². The first-order valence-electron chi connectivity index (χ1n) is 8.27. The molecule has 0 amide bonds. The lowest BCUT2D eigenvalue weighted by molar-refractivity contribution is 0.252. The summed E-state index contributed by atoms with van der Waals surface area (Å²) in [6.07, 6.45) is 0.905. The molecular weight excluding hydrogens is 406 g/mol. The van der Waals surface area contributed by atoms with E-state index in [2.05, 4.69) is 33.4 Å². The van der Waals surface area contributed by atoms with Crippen LogP contribution in [0.4, 0.5) is 0 Å². The van der Waals surface area contributed by atoms with Crippen molar-refractivity contribution in [2.75, 3.05) is 20.3 Å². The summed E-state index contributed by atoms with van der Waals surface area (Å²) in [5.41, 5.74) is 2.22. The van der Waals surface area contributed by atoms with E-state index in [4.69, 9.17) is 25.8 Å². The second-order valence-electron chi connectivity index (χ2n) is 5.77. The monoisotopic (exact) mass is 425 g/mol. The average Bonchev–Trinajstić information content (AvgIpc) is 2.62. The second-order valence-corrected chi connectivity index (χ2v) is 7.03. The van der Waals surface area contributed by atoms with E-state index in [0.717, 1.165) is 39.3 Å². The van der Waals surface area contributed by atoms with Crippen molar-refractivity contribution in [2.24, 2.45) is 0 Å².